The van der Waals surface area contributed by atoms with Gasteiger partial charge >= 0.3 is 0 Å². The first-order valence-electron chi connectivity index (χ1n) is 4.89. The molecule has 0 spiro atoms. The number of nitrogens with one attached hydrogen (secondary N) is 1. The van der Waals surface area contributed by atoms with Crippen LogP contribution in [0.25, 0.3) is 0 Å². The summed E-state index contributed by atoms with van der Waals surface area (Å²) in [6, 6.07) is 4.02. The highest BCUT2D eigenvalue weighted by Crippen LogP contribution is 2.25. The van der Waals surface area contributed by atoms with Gasteiger partial charge in [-0.1, -0.05) is 0 Å². The van der Waals surface area contributed by atoms with Gasteiger partial charge in [0.2, 0.25) is 5.28 Å². The molecule has 4 nitrogen and oxygen atoms in total. The fourth-order valence-electron chi connectivity index (χ4n) is 1.29. The van der Waals surface area contributed by atoms with Crippen LogP contribution in [-0.2, 0) is 0 Å². The van der Waals surface area contributed by atoms with Gasteiger partial charge in [0.25, 0.3) is 0 Å². The zero-order chi connectivity index (χ0) is 13.1. The van der Waals surface area contributed by atoms with Gasteiger partial charge < -0.3 is 10.1 Å². The summed E-state index contributed by atoms with van der Waals surface area (Å²) in [5.41, 5.74) is 0.0306. The second-order valence-corrected chi connectivity index (χ2v) is 3.64. The van der Waals surface area contributed by atoms with Gasteiger partial charge in [-0.3, -0.25) is 0 Å². The van der Waals surface area contributed by atoms with Gasteiger partial charge in [-0.15, -0.1) is 0 Å². The number of rotatable bonds is 3. The summed E-state index contributed by atoms with van der Waals surface area (Å²) in [7, 11) is 1.44. The maximum absolute atomic E-state index is 13.5. The van der Waals surface area contributed by atoms with Gasteiger partial charge in [0, 0.05) is 6.07 Å². The highest BCUT2D eigenvalue weighted by Gasteiger charge is 2.10. The van der Waals surface area contributed by atoms with Crippen LogP contribution in [0.5, 0.6) is 5.75 Å². The Morgan fingerprint density at radius 1 is 1.28 bits per heavy atom. The smallest absolute Gasteiger partial charge is 0.224 e. The molecule has 0 aliphatic carbocycles. The maximum atomic E-state index is 13.5. The molecule has 0 fully saturated rings. The van der Waals surface area contributed by atoms with Crippen LogP contribution in [0.1, 0.15) is 0 Å². The number of benzene rings is 1. The van der Waals surface area contributed by atoms with Crippen LogP contribution in [0.2, 0.25) is 5.28 Å². The molecule has 0 unspecified atom stereocenters. The lowest BCUT2D eigenvalue weighted by molar-refractivity contribution is 0.414. The van der Waals surface area contributed by atoms with E-state index in [9.17, 15) is 8.78 Å². The van der Waals surface area contributed by atoms with Crippen molar-refractivity contribution in [3.8, 4) is 5.75 Å². The first kappa shape index (κ1) is 12.5. The van der Waals surface area contributed by atoms with E-state index < -0.39 is 11.6 Å². The SMILES string of the molecule is COc1ccc(F)c(Nc2nc(Cl)ncc2F)c1. The molecular formula is C11H8ClF2N3O. The van der Waals surface area contributed by atoms with Crippen LogP contribution < -0.4 is 10.1 Å². The highest BCUT2D eigenvalue weighted by atomic mass is 35.5. The summed E-state index contributed by atoms with van der Waals surface area (Å²) >= 11 is 5.53. The van der Waals surface area contributed by atoms with Gasteiger partial charge in [0.1, 0.15) is 11.6 Å². The fraction of sp³-hybridized carbons (Fsp3) is 0.0909. The number of halogens is 3. The summed E-state index contributed by atoms with van der Waals surface area (Å²) in [4.78, 5) is 7.08. The summed E-state index contributed by atoms with van der Waals surface area (Å²) in [6.07, 6.45) is 0.899. The Morgan fingerprint density at radius 2 is 2.06 bits per heavy atom. The molecule has 2 aromatic rings. The van der Waals surface area contributed by atoms with Crippen LogP contribution in [-0.4, -0.2) is 17.1 Å². The monoisotopic (exact) mass is 271 g/mol. The van der Waals surface area contributed by atoms with E-state index in [0.717, 1.165) is 6.20 Å². The van der Waals surface area contributed by atoms with Crippen molar-refractivity contribution in [3.63, 3.8) is 0 Å². The first-order valence-corrected chi connectivity index (χ1v) is 5.26. The molecule has 0 aliphatic rings. The third-order valence-electron chi connectivity index (χ3n) is 2.14. The van der Waals surface area contributed by atoms with Crippen molar-refractivity contribution < 1.29 is 13.5 Å². The maximum Gasteiger partial charge on any atom is 0.224 e. The summed E-state index contributed by atoms with van der Waals surface area (Å²) in [5.74, 6) is -1.08. The average molecular weight is 272 g/mol. The van der Waals surface area contributed by atoms with E-state index in [-0.39, 0.29) is 16.8 Å². The average Bonchev–Trinajstić information content (AvgIpc) is 2.36. The molecule has 18 heavy (non-hydrogen) atoms. The van der Waals surface area contributed by atoms with Crippen molar-refractivity contribution in [3.05, 3.63) is 41.3 Å². The molecule has 0 bridgehead atoms. The summed E-state index contributed by atoms with van der Waals surface area (Å²) in [5, 5.41) is 2.35. The van der Waals surface area contributed by atoms with Gasteiger partial charge in [0.05, 0.1) is 19.0 Å². The Bertz CT molecular complexity index is 580. The van der Waals surface area contributed by atoms with E-state index >= 15 is 0 Å². The summed E-state index contributed by atoms with van der Waals surface area (Å²) in [6.45, 7) is 0. The number of hydrogen-bond donors (Lipinski definition) is 1. The molecule has 1 heterocycles. The van der Waals surface area contributed by atoms with E-state index in [1.54, 1.807) is 0 Å². The van der Waals surface area contributed by atoms with Crippen molar-refractivity contribution >= 4 is 23.1 Å². The van der Waals surface area contributed by atoms with Crippen LogP contribution in [0, 0.1) is 11.6 Å². The number of methoxy groups -OCH3 is 1. The Kier molecular flexibility index (Phi) is 3.57. The number of nitrogens with zero attached hydrogens (tertiary/aromatic N) is 2. The largest absolute Gasteiger partial charge is 0.497 e. The van der Waals surface area contributed by atoms with E-state index in [4.69, 9.17) is 16.3 Å². The lowest BCUT2D eigenvalue weighted by Crippen LogP contribution is -2.01. The van der Waals surface area contributed by atoms with Gasteiger partial charge in [0.15, 0.2) is 11.6 Å². The molecule has 0 saturated carbocycles. The predicted octanol–water partition coefficient (Wildman–Crippen LogP) is 3.16. The Morgan fingerprint density at radius 3 is 2.78 bits per heavy atom. The fourth-order valence-corrected chi connectivity index (χ4v) is 1.42. The molecule has 0 radical (unpaired) electrons. The van der Waals surface area contributed by atoms with Crippen molar-refractivity contribution in [2.24, 2.45) is 0 Å². The van der Waals surface area contributed by atoms with Crippen molar-refractivity contribution in [2.45, 2.75) is 0 Å². The number of hydrogen-bond acceptors (Lipinski definition) is 4. The predicted molar refractivity (Wildman–Crippen MR) is 63.2 cm³/mol. The lowest BCUT2D eigenvalue weighted by Gasteiger charge is -2.09. The Balaban J connectivity index is 2.36. The second-order valence-electron chi connectivity index (χ2n) is 3.31. The van der Waals surface area contributed by atoms with Crippen LogP contribution in [0.4, 0.5) is 20.3 Å². The van der Waals surface area contributed by atoms with E-state index in [1.807, 2.05) is 0 Å². The van der Waals surface area contributed by atoms with E-state index in [0.29, 0.717) is 5.75 Å². The van der Waals surface area contributed by atoms with Gasteiger partial charge in [-0.2, -0.15) is 4.98 Å². The minimum atomic E-state index is -0.735. The number of anilines is 2. The number of aromatic nitrogens is 2. The van der Waals surface area contributed by atoms with Gasteiger partial charge in [-0.05, 0) is 23.7 Å². The topological polar surface area (TPSA) is 47.0 Å². The highest BCUT2D eigenvalue weighted by molar-refractivity contribution is 6.28. The van der Waals surface area contributed by atoms with Crippen molar-refractivity contribution in [1.29, 1.82) is 0 Å². The van der Waals surface area contributed by atoms with E-state index in [1.165, 1.54) is 25.3 Å². The third-order valence-corrected chi connectivity index (χ3v) is 2.32. The molecule has 2 rings (SSSR count). The molecule has 0 amide bonds. The molecule has 94 valence electrons. The standard InChI is InChI=1S/C11H8ClF2N3O/c1-18-6-2-3-7(13)9(4-6)16-10-8(14)5-15-11(12)17-10/h2-5H,1H3,(H,15,16,17). The van der Waals surface area contributed by atoms with Crippen molar-refractivity contribution in [1.82, 2.24) is 9.97 Å². The van der Waals surface area contributed by atoms with Crippen LogP contribution in [0.3, 0.4) is 0 Å². The zero-order valence-corrected chi connectivity index (χ0v) is 10.0. The Labute approximate surface area is 107 Å². The third kappa shape index (κ3) is 2.65. The van der Waals surface area contributed by atoms with Crippen LogP contribution in [0.15, 0.2) is 24.4 Å². The van der Waals surface area contributed by atoms with E-state index in [2.05, 4.69) is 15.3 Å². The quantitative estimate of drug-likeness (QED) is 0.871. The molecule has 1 N–H and O–H groups in total. The minimum Gasteiger partial charge on any atom is -0.497 e. The zero-order valence-electron chi connectivity index (χ0n) is 9.25. The molecule has 7 heteroatoms. The normalized spacial score (nSPS) is 10.2. The lowest BCUT2D eigenvalue weighted by atomic mass is 10.3. The molecule has 1 aromatic carbocycles. The number of ether oxygens (including phenoxy) is 1. The second kappa shape index (κ2) is 5.14. The molecular weight excluding hydrogens is 264 g/mol. The first-order chi connectivity index (χ1) is 8.60. The minimum absolute atomic E-state index is 0.0306. The van der Waals surface area contributed by atoms with Gasteiger partial charge in [-0.25, -0.2) is 13.8 Å². The molecule has 1 aromatic heterocycles. The molecule has 0 saturated heterocycles. The van der Waals surface area contributed by atoms with Crippen molar-refractivity contribution in [2.75, 3.05) is 12.4 Å². The summed E-state index contributed by atoms with van der Waals surface area (Å²) < 4.78 is 31.8. The Hall–Kier alpha value is -1.95. The molecule has 0 atom stereocenters. The van der Waals surface area contributed by atoms with Crippen LogP contribution >= 0.6 is 11.6 Å². The molecule has 0 aliphatic heterocycles.